The average Bonchev–Trinajstić information content (AvgIpc) is 4.04. The van der Waals surface area contributed by atoms with E-state index in [1.165, 1.54) is 24.3 Å². The van der Waals surface area contributed by atoms with E-state index in [4.69, 9.17) is 25.9 Å². The summed E-state index contributed by atoms with van der Waals surface area (Å²) in [4.78, 5) is 83.3. The molecule has 11 rings (SSSR count). The van der Waals surface area contributed by atoms with Gasteiger partial charge in [-0.2, -0.15) is 4.98 Å². The molecule has 4 N–H and O–H groups in total. The quantitative estimate of drug-likeness (QED) is 0.0342. The number of alkyl carbamates (subject to hydrolysis) is 1. The van der Waals surface area contributed by atoms with Crippen molar-refractivity contribution >= 4 is 62.9 Å². The minimum atomic E-state index is -1.04. The van der Waals surface area contributed by atoms with Crippen LogP contribution in [0.4, 0.5) is 25.1 Å². The van der Waals surface area contributed by atoms with Gasteiger partial charge in [0.15, 0.2) is 5.82 Å². The number of phenols is 1. The van der Waals surface area contributed by atoms with E-state index in [2.05, 4.69) is 57.3 Å². The van der Waals surface area contributed by atoms with Gasteiger partial charge in [0.25, 0.3) is 11.8 Å². The maximum Gasteiger partial charge on any atom is 0.407 e. The zero-order valence-electron chi connectivity index (χ0n) is 41.7. The molecule has 75 heavy (non-hydrogen) atoms. The molecule has 18 nitrogen and oxygen atoms in total. The van der Waals surface area contributed by atoms with Crippen molar-refractivity contribution < 1.29 is 47.3 Å². The van der Waals surface area contributed by atoms with Crippen LogP contribution in [0.3, 0.4) is 0 Å². The number of imide groups is 2. The molecule has 2 aromatic heterocycles. The summed E-state index contributed by atoms with van der Waals surface area (Å²) in [5.74, 6) is -0.889. The molecule has 8 heterocycles. The number of terminal acetylenes is 1. The van der Waals surface area contributed by atoms with E-state index < -0.39 is 52.9 Å². The number of phenolic OH excluding ortho intramolecular Hbond substituents is 1. The van der Waals surface area contributed by atoms with Crippen molar-refractivity contribution in [3.05, 3.63) is 89.1 Å². The Kier molecular flexibility index (Phi) is 12.7. The van der Waals surface area contributed by atoms with Gasteiger partial charge in [0.05, 0.1) is 41.4 Å². The van der Waals surface area contributed by atoms with Crippen LogP contribution >= 0.6 is 0 Å². The van der Waals surface area contributed by atoms with Gasteiger partial charge in [0, 0.05) is 54.9 Å². The van der Waals surface area contributed by atoms with E-state index in [9.17, 15) is 29.1 Å². The van der Waals surface area contributed by atoms with Crippen LogP contribution in [-0.2, 0) is 14.3 Å². The fourth-order valence-corrected chi connectivity index (χ4v) is 12.6. The number of carbonyl (C=O) groups is 5. The van der Waals surface area contributed by atoms with Gasteiger partial charge in [0.2, 0.25) is 17.6 Å². The summed E-state index contributed by atoms with van der Waals surface area (Å²) in [5, 5.41) is 20.1. The number of rotatable bonds is 14. The van der Waals surface area contributed by atoms with Crippen LogP contribution in [0.1, 0.15) is 84.1 Å². The molecular formula is C55H57F2N10O8+. The lowest BCUT2D eigenvalue weighted by molar-refractivity contribution is -0.136. The topological polar surface area (TPSA) is 209 Å². The molecule has 388 valence electrons. The number of amides is 5. The second-order valence-electron chi connectivity index (χ2n) is 21.1. The minimum absolute atomic E-state index is 0.00588. The highest BCUT2D eigenvalue weighted by molar-refractivity contribution is 6.23. The maximum atomic E-state index is 17.4. The number of ether oxygens (including phenoxy) is 2. The third-order valence-corrected chi connectivity index (χ3v) is 16.3. The Balaban J connectivity index is 0.738. The molecule has 5 saturated heterocycles. The number of unbranched alkanes of at least 4 members (excludes halogenated alkanes) is 1. The van der Waals surface area contributed by atoms with Crippen molar-refractivity contribution in [1.29, 1.82) is 0 Å². The number of benzene rings is 3. The fourth-order valence-electron chi connectivity index (χ4n) is 12.6. The molecule has 6 aliphatic rings. The van der Waals surface area contributed by atoms with E-state index in [0.717, 1.165) is 42.8 Å². The number of hydrogen-bond acceptors (Lipinski definition) is 14. The lowest BCUT2D eigenvalue weighted by Crippen LogP contribution is -2.62. The number of fused-ring (bicyclic) bond motifs is 6. The number of likely N-dealkylation sites (tertiary alicyclic amines) is 1. The van der Waals surface area contributed by atoms with Crippen LogP contribution in [0.2, 0.25) is 0 Å². The molecule has 0 spiro atoms. The maximum absolute atomic E-state index is 17.4. The van der Waals surface area contributed by atoms with Crippen LogP contribution in [0.15, 0.2) is 60.8 Å². The van der Waals surface area contributed by atoms with Crippen molar-refractivity contribution in [3.63, 3.8) is 0 Å². The zero-order chi connectivity index (χ0) is 52.5. The molecule has 5 atom stereocenters. The Bertz CT molecular complexity index is 3300. The number of hydrogen-bond donors (Lipinski definition) is 4. The summed E-state index contributed by atoms with van der Waals surface area (Å²) in [5.41, 5.74) is 1.37. The van der Waals surface area contributed by atoms with E-state index in [1.807, 2.05) is 0 Å². The summed E-state index contributed by atoms with van der Waals surface area (Å²) in [6.45, 7) is 7.54. The predicted molar refractivity (Wildman–Crippen MR) is 274 cm³/mol. The van der Waals surface area contributed by atoms with Gasteiger partial charge < -0.3 is 25.2 Å². The number of quaternary nitrogens is 1. The molecule has 0 radical (unpaired) electrons. The van der Waals surface area contributed by atoms with Gasteiger partial charge >= 0.3 is 12.1 Å². The van der Waals surface area contributed by atoms with Crippen LogP contribution in [0.5, 0.6) is 11.8 Å². The first-order chi connectivity index (χ1) is 36.0. The molecule has 5 fully saturated rings. The first-order valence-electron chi connectivity index (χ1n) is 25.5. The van der Waals surface area contributed by atoms with Crippen LogP contribution in [0.25, 0.3) is 32.9 Å². The van der Waals surface area contributed by atoms with Gasteiger partial charge in [-0.1, -0.05) is 24.1 Å². The number of aromatic nitrogens is 3. The summed E-state index contributed by atoms with van der Waals surface area (Å²) >= 11 is 0. The molecule has 3 unspecified atom stereocenters. The molecule has 6 aliphatic heterocycles. The normalized spacial score (nSPS) is 25.4. The summed E-state index contributed by atoms with van der Waals surface area (Å²) < 4.78 is 45.3. The largest absolute Gasteiger partial charge is 0.508 e. The zero-order valence-corrected chi connectivity index (χ0v) is 41.7. The number of piperazine rings is 1. The van der Waals surface area contributed by atoms with Crippen molar-refractivity contribution in [2.24, 2.45) is 0 Å². The monoisotopic (exact) mass is 1020 g/mol. The molecule has 3 aromatic carbocycles. The number of nitrogens with zero attached hydrogens (tertiary/aromatic N) is 7. The number of pyridine rings is 1. The van der Waals surface area contributed by atoms with E-state index in [1.54, 1.807) is 24.4 Å². The highest BCUT2D eigenvalue weighted by Gasteiger charge is 2.52. The number of anilines is 1. The molecular weight excluding hydrogens is 967 g/mol. The Hall–Kier alpha value is -7.60. The molecule has 20 heteroatoms. The number of nitrogens with one attached hydrogen (secondary N) is 3. The van der Waals surface area contributed by atoms with Crippen molar-refractivity contribution in [2.75, 3.05) is 65.3 Å². The van der Waals surface area contributed by atoms with Crippen molar-refractivity contribution in [2.45, 2.75) is 87.5 Å². The van der Waals surface area contributed by atoms with E-state index >= 15 is 8.78 Å². The van der Waals surface area contributed by atoms with E-state index in [0.29, 0.717) is 84.2 Å². The Morgan fingerprint density at radius 3 is 2.55 bits per heavy atom. The third kappa shape index (κ3) is 8.85. The summed E-state index contributed by atoms with van der Waals surface area (Å²) in [6, 6.07) is 9.72. The molecule has 0 saturated carbocycles. The molecule has 0 aliphatic carbocycles. The van der Waals surface area contributed by atoms with Gasteiger partial charge in [-0.05, 0) is 100 Å². The Morgan fingerprint density at radius 2 is 1.77 bits per heavy atom. The number of likely N-dealkylation sites (N-methyl/N-ethyl adjacent to an activating group) is 2. The molecule has 2 bridgehead atoms. The van der Waals surface area contributed by atoms with Gasteiger partial charge in [-0.15, -0.1) is 11.4 Å². The first kappa shape index (κ1) is 49.6. The second kappa shape index (κ2) is 19.3. The molecule has 5 amide bonds. The minimum Gasteiger partial charge on any atom is -0.508 e. The summed E-state index contributed by atoms with van der Waals surface area (Å²) in [7, 11) is 4.25. The van der Waals surface area contributed by atoms with Crippen LogP contribution in [0, 0.1) is 24.0 Å². The van der Waals surface area contributed by atoms with E-state index in [-0.39, 0.29) is 82.7 Å². The number of aromatic hydroxyl groups is 1. The van der Waals surface area contributed by atoms with Gasteiger partial charge in [0.1, 0.15) is 60.5 Å². The van der Waals surface area contributed by atoms with Gasteiger partial charge in [-0.25, -0.2) is 13.6 Å². The molecule has 5 aromatic rings. The number of halogens is 2. The highest BCUT2D eigenvalue weighted by atomic mass is 19.1. The number of piperidine rings is 1. The lowest BCUT2D eigenvalue weighted by Gasteiger charge is -2.44. The fraction of sp³-hybridized carbons (Fsp3) is 0.418. The SMILES string of the molecule is C#Cc1c(F)ccc2cc(O)cc(-c3ncc4c([N+]5(C)CC6CCC(C5)N6C)nc(OC[C@@]56CC[C@@H](COC(=O)NCCCCNc7ccc8c(c7)C(=O)N(C7CCC(=O)NC7=O)C8=O)N5CC(=C)C6)nc4c3F)c12. The average molecular weight is 1020 g/mol. The first-order valence-corrected chi connectivity index (χ1v) is 25.5. The Labute approximate surface area is 431 Å². The Morgan fingerprint density at radius 1 is 1.00 bits per heavy atom. The van der Waals surface area contributed by atoms with Crippen LogP contribution < -0.4 is 25.2 Å². The second-order valence-corrected chi connectivity index (χ2v) is 21.1. The summed E-state index contributed by atoms with van der Waals surface area (Å²) in [6.07, 6.45) is 12.4. The third-order valence-electron chi connectivity index (χ3n) is 16.3. The smallest absolute Gasteiger partial charge is 0.407 e. The van der Waals surface area contributed by atoms with Crippen molar-refractivity contribution in [1.82, 2.24) is 44.8 Å². The number of carbonyl (C=O) groups excluding carboxylic acids is 5. The standard InChI is InChI=1S/C55H56F2N10O8/c1-5-37-42(56)13-8-31-20-36(68)22-40(45(31)37)47-46(57)48-41(24-60-47)49(67(4)26-33-10-11-34(27-67)64(33)3)63-53(62-48)75-29-55-17-16-35(65(55)25-30(2)23-55)28-74-54(73)59-19-7-6-18-58-32-9-12-38-39(21-32)52(72)66(51(38)71)43-14-15-44(69)61-50(43)70/h1,8-9,12-13,20-22,24,33-35,43H,2,6-7,10-11,14-19,23,25-29H2,3-4H3,(H3-,58,59,61,68,69,70,71,73)/p+1/t33?,34?,35-,43?,55-,67?/m0/s1. The highest BCUT2D eigenvalue weighted by Crippen LogP contribution is 2.46. The van der Waals surface area contributed by atoms with Crippen molar-refractivity contribution in [3.8, 4) is 35.4 Å². The van der Waals surface area contributed by atoms with Gasteiger partial charge in [-0.3, -0.25) is 48.7 Å². The van der Waals surface area contributed by atoms with Crippen LogP contribution in [-0.4, -0.2) is 154 Å². The lowest BCUT2D eigenvalue weighted by atomic mass is 9.94. The predicted octanol–water partition coefficient (Wildman–Crippen LogP) is 5.79.